The molecule has 1 aliphatic rings. The molecule has 0 spiro atoms. The van der Waals surface area contributed by atoms with Crippen LogP contribution in [-0.2, 0) is 6.54 Å². The summed E-state index contributed by atoms with van der Waals surface area (Å²) in [6.45, 7) is 5.99. The zero-order chi connectivity index (χ0) is 17.4. The Balaban J connectivity index is 1.62. The first-order chi connectivity index (χ1) is 12.1. The first-order valence-corrected chi connectivity index (χ1v) is 9.38. The highest BCUT2D eigenvalue weighted by Gasteiger charge is 2.31. The lowest BCUT2D eigenvalue weighted by Gasteiger charge is -2.24. The fourth-order valence-corrected chi connectivity index (χ4v) is 4.25. The van der Waals surface area contributed by atoms with E-state index in [4.69, 9.17) is 4.52 Å². The highest BCUT2D eigenvalue weighted by Crippen LogP contribution is 2.37. The molecule has 0 aliphatic carbocycles. The summed E-state index contributed by atoms with van der Waals surface area (Å²) in [5.41, 5.74) is 5.72. The number of aromatic amines is 1. The van der Waals surface area contributed by atoms with Crippen molar-refractivity contribution in [3.63, 3.8) is 0 Å². The Morgan fingerprint density at radius 3 is 3.00 bits per heavy atom. The molecule has 3 heterocycles. The number of halogens is 1. The van der Waals surface area contributed by atoms with Crippen molar-refractivity contribution < 1.29 is 4.52 Å². The van der Waals surface area contributed by atoms with E-state index in [0.717, 1.165) is 46.7 Å². The van der Waals surface area contributed by atoms with Crippen LogP contribution in [0.1, 0.15) is 41.5 Å². The predicted molar refractivity (Wildman–Crippen MR) is 100 cm³/mol. The standard InChI is InChI=1S/C19H21BrN4O/c1-12-18(13(2)25-23-12)17-7-4-8-24(17)11-15-10-21-22-19(15)14-5-3-6-16(20)9-14/h3,5-6,9-10,17H,4,7-8,11H2,1-2H3,(H,21,22)/t17-/m0/s1. The van der Waals surface area contributed by atoms with Gasteiger partial charge in [-0.2, -0.15) is 5.10 Å². The van der Waals surface area contributed by atoms with Crippen molar-refractivity contribution in [3.05, 3.63) is 57.5 Å². The highest BCUT2D eigenvalue weighted by molar-refractivity contribution is 9.10. The van der Waals surface area contributed by atoms with Crippen LogP contribution in [0, 0.1) is 13.8 Å². The Morgan fingerprint density at radius 1 is 1.36 bits per heavy atom. The van der Waals surface area contributed by atoms with E-state index < -0.39 is 0 Å². The monoisotopic (exact) mass is 400 g/mol. The van der Waals surface area contributed by atoms with Crippen LogP contribution in [0.2, 0.25) is 0 Å². The van der Waals surface area contributed by atoms with Crippen LogP contribution in [-0.4, -0.2) is 26.8 Å². The van der Waals surface area contributed by atoms with Crippen molar-refractivity contribution in [2.45, 2.75) is 39.3 Å². The third kappa shape index (κ3) is 3.16. The van der Waals surface area contributed by atoms with E-state index in [2.05, 4.69) is 48.3 Å². The average molecular weight is 401 g/mol. The molecule has 1 fully saturated rings. The number of aryl methyl sites for hydroxylation is 2. The SMILES string of the molecule is Cc1noc(C)c1[C@@H]1CCCN1Cc1cn[nH]c1-c1cccc(Br)c1. The van der Waals surface area contributed by atoms with Gasteiger partial charge in [0.1, 0.15) is 5.76 Å². The molecule has 0 unspecified atom stereocenters. The van der Waals surface area contributed by atoms with E-state index in [0.29, 0.717) is 6.04 Å². The topological polar surface area (TPSA) is 58.0 Å². The van der Waals surface area contributed by atoms with Gasteiger partial charge in [-0.15, -0.1) is 0 Å². The lowest BCUT2D eigenvalue weighted by atomic mass is 10.0. The molecule has 3 aromatic rings. The maximum absolute atomic E-state index is 5.40. The van der Waals surface area contributed by atoms with Crippen LogP contribution in [0.4, 0.5) is 0 Å². The minimum Gasteiger partial charge on any atom is -0.361 e. The molecular weight excluding hydrogens is 380 g/mol. The summed E-state index contributed by atoms with van der Waals surface area (Å²) in [5, 5.41) is 11.6. The van der Waals surface area contributed by atoms with E-state index in [1.54, 1.807) is 0 Å². The summed E-state index contributed by atoms with van der Waals surface area (Å²) < 4.78 is 6.47. The van der Waals surface area contributed by atoms with Crippen LogP contribution in [0.15, 0.2) is 39.5 Å². The second-order valence-corrected chi connectivity index (χ2v) is 7.56. The largest absolute Gasteiger partial charge is 0.361 e. The molecule has 0 bridgehead atoms. The molecule has 5 nitrogen and oxygen atoms in total. The van der Waals surface area contributed by atoms with Crippen LogP contribution in [0.5, 0.6) is 0 Å². The van der Waals surface area contributed by atoms with Crippen molar-refractivity contribution in [2.75, 3.05) is 6.54 Å². The van der Waals surface area contributed by atoms with Crippen molar-refractivity contribution in [3.8, 4) is 11.3 Å². The maximum Gasteiger partial charge on any atom is 0.138 e. The van der Waals surface area contributed by atoms with Gasteiger partial charge in [0.2, 0.25) is 0 Å². The Hall–Kier alpha value is -1.92. The van der Waals surface area contributed by atoms with Gasteiger partial charge < -0.3 is 4.52 Å². The molecular formula is C19H21BrN4O. The lowest BCUT2D eigenvalue weighted by Crippen LogP contribution is -2.23. The number of likely N-dealkylation sites (tertiary alicyclic amines) is 1. The van der Waals surface area contributed by atoms with Crippen molar-refractivity contribution in [1.82, 2.24) is 20.3 Å². The number of nitrogens with zero attached hydrogens (tertiary/aromatic N) is 3. The van der Waals surface area contributed by atoms with Gasteiger partial charge in [0.15, 0.2) is 0 Å². The molecule has 1 atom stereocenters. The molecule has 1 N–H and O–H groups in total. The number of H-pyrrole nitrogens is 1. The van der Waals surface area contributed by atoms with Gasteiger partial charge in [0.05, 0.1) is 17.6 Å². The molecule has 130 valence electrons. The van der Waals surface area contributed by atoms with Crippen LogP contribution in [0.25, 0.3) is 11.3 Å². The summed E-state index contributed by atoms with van der Waals surface area (Å²) in [6.07, 6.45) is 4.28. The average Bonchev–Trinajstić information content (AvgIpc) is 3.30. The van der Waals surface area contributed by atoms with Gasteiger partial charge in [0.25, 0.3) is 0 Å². The van der Waals surface area contributed by atoms with Crippen LogP contribution < -0.4 is 0 Å². The zero-order valence-electron chi connectivity index (χ0n) is 14.4. The van der Waals surface area contributed by atoms with E-state index in [1.165, 1.54) is 17.5 Å². The first-order valence-electron chi connectivity index (χ1n) is 8.58. The predicted octanol–water partition coefficient (Wildman–Crippen LogP) is 4.78. The van der Waals surface area contributed by atoms with Gasteiger partial charge in [-0.05, 0) is 45.4 Å². The van der Waals surface area contributed by atoms with Crippen molar-refractivity contribution in [2.24, 2.45) is 0 Å². The second kappa shape index (κ2) is 6.77. The third-order valence-corrected chi connectivity index (χ3v) is 5.48. The number of aromatic nitrogens is 3. The summed E-state index contributed by atoms with van der Waals surface area (Å²) in [7, 11) is 0. The molecule has 1 aliphatic heterocycles. The number of hydrogen-bond donors (Lipinski definition) is 1. The number of hydrogen-bond acceptors (Lipinski definition) is 4. The van der Waals surface area contributed by atoms with E-state index in [1.807, 2.05) is 32.2 Å². The molecule has 4 rings (SSSR count). The molecule has 25 heavy (non-hydrogen) atoms. The zero-order valence-corrected chi connectivity index (χ0v) is 16.0. The van der Waals surface area contributed by atoms with Crippen molar-refractivity contribution >= 4 is 15.9 Å². The van der Waals surface area contributed by atoms with E-state index in [9.17, 15) is 0 Å². The molecule has 0 amide bonds. The quantitative estimate of drug-likeness (QED) is 0.684. The Labute approximate surface area is 155 Å². The fraction of sp³-hybridized carbons (Fsp3) is 0.368. The fourth-order valence-electron chi connectivity index (χ4n) is 3.85. The highest BCUT2D eigenvalue weighted by atomic mass is 79.9. The normalized spacial score (nSPS) is 18.1. The Morgan fingerprint density at radius 2 is 2.24 bits per heavy atom. The van der Waals surface area contributed by atoms with Gasteiger partial charge >= 0.3 is 0 Å². The smallest absolute Gasteiger partial charge is 0.138 e. The van der Waals surface area contributed by atoms with Crippen molar-refractivity contribution in [1.29, 1.82) is 0 Å². The summed E-state index contributed by atoms with van der Waals surface area (Å²) in [6, 6.07) is 8.68. The Bertz CT molecular complexity index is 866. The van der Waals surface area contributed by atoms with Gasteiger partial charge in [0, 0.05) is 33.7 Å². The molecule has 0 radical (unpaired) electrons. The molecule has 1 saturated heterocycles. The molecule has 1 aromatic carbocycles. The number of rotatable bonds is 4. The summed E-state index contributed by atoms with van der Waals surface area (Å²) in [4.78, 5) is 2.51. The maximum atomic E-state index is 5.40. The van der Waals surface area contributed by atoms with E-state index in [-0.39, 0.29) is 0 Å². The van der Waals surface area contributed by atoms with E-state index >= 15 is 0 Å². The number of benzene rings is 1. The van der Waals surface area contributed by atoms with Gasteiger partial charge in [-0.1, -0.05) is 33.2 Å². The minimum absolute atomic E-state index is 0.372. The summed E-state index contributed by atoms with van der Waals surface area (Å²) in [5.74, 6) is 0.939. The molecule has 6 heteroatoms. The second-order valence-electron chi connectivity index (χ2n) is 6.65. The van der Waals surface area contributed by atoms with Gasteiger partial charge in [-0.25, -0.2) is 0 Å². The molecule has 2 aromatic heterocycles. The summed E-state index contributed by atoms with van der Waals surface area (Å²) >= 11 is 3.55. The first kappa shape index (κ1) is 16.5. The molecule has 0 saturated carbocycles. The number of nitrogens with one attached hydrogen (secondary N) is 1. The minimum atomic E-state index is 0.372. The lowest BCUT2D eigenvalue weighted by molar-refractivity contribution is 0.246. The van der Waals surface area contributed by atoms with Gasteiger partial charge in [-0.3, -0.25) is 10.00 Å². The van der Waals surface area contributed by atoms with Crippen LogP contribution in [0.3, 0.4) is 0 Å². The third-order valence-electron chi connectivity index (χ3n) is 4.99. The Kier molecular flexibility index (Phi) is 4.48. The van der Waals surface area contributed by atoms with Crippen LogP contribution >= 0.6 is 15.9 Å².